The molecule has 0 spiro atoms. The highest BCUT2D eigenvalue weighted by atomic mass is 32.2. The number of nitrogens with one attached hydrogen (secondary N) is 1. The van der Waals surface area contributed by atoms with Crippen molar-refractivity contribution in [2.75, 3.05) is 6.54 Å². The fourth-order valence-electron chi connectivity index (χ4n) is 3.26. The molecule has 1 heterocycles. The second-order valence-electron chi connectivity index (χ2n) is 7.32. The van der Waals surface area contributed by atoms with Crippen molar-refractivity contribution in [3.05, 3.63) is 30.3 Å². The summed E-state index contributed by atoms with van der Waals surface area (Å²) in [6.07, 6.45) is 4.42. The molecular weight excluding hydrogens is 336 g/mol. The van der Waals surface area contributed by atoms with Gasteiger partial charge in [0.1, 0.15) is 6.04 Å². The van der Waals surface area contributed by atoms with Crippen LogP contribution in [0, 0.1) is 5.92 Å². The van der Waals surface area contributed by atoms with Crippen molar-refractivity contribution in [2.45, 2.75) is 69.9 Å². The molecule has 140 valence electrons. The molecule has 0 saturated carbocycles. The molecule has 1 amide bonds. The number of carbonyl (C=O) groups excluding carboxylic acids is 1. The fourth-order valence-corrected chi connectivity index (χ4v) is 4.94. The predicted molar refractivity (Wildman–Crippen MR) is 99.6 cm³/mol. The Kier molecular flexibility index (Phi) is 7.02. The Balaban J connectivity index is 2.00. The van der Waals surface area contributed by atoms with Crippen molar-refractivity contribution < 1.29 is 13.2 Å². The second kappa shape index (κ2) is 8.81. The molecule has 0 bridgehead atoms. The van der Waals surface area contributed by atoms with Crippen LogP contribution < -0.4 is 5.32 Å². The third kappa shape index (κ3) is 5.28. The SMILES string of the molecule is CC(C)CCC[C@@H](C)NC(=O)[C@@H]1CCCN1S(=O)(=O)c1ccccc1. The third-order valence-electron chi connectivity index (χ3n) is 4.66. The Morgan fingerprint density at radius 1 is 1.20 bits per heavy atom. The molecule has 0 aromatic heterocycles. The van der Waals surface area contributed by atoms with Crippen LogP contribution in [-0.2, 0) is 14.8 Å². The molecule has 1 aliphatic heterocycles. The molecule has 1 aromatic rings. The zero-order chi connectivity index (χ0) is 18.4. The summed E-state index contributed by atoms with van der Waals surface area (Å²) in [7, 11) is -3.62. The van der Waals surface area contributed by atoms with Crippen molar-refractivity contribution in [3.8, 4) is 0 Å². The summed E-state index contributed by atoms with van der Waals surface area (Å²) in [4.78, 5) is 12.9. The van der Waals surface area contributed by atoms with Crippen LogP contribution in [0.1, 0.15) is 52.9 Å². The minimum absolute atomic E-state index is 0.0631. The molecular formula is C19H30N2O3S. The van der Waals surface area contributed by atoms with Crippen molar-refractivity contribution in [3.63, 3.8) is 0 Å². The van der Waals surface area contributed by atoms with E-state index in [0.29, 0.717) is 25.3 Å². The maximum atomic E-state index is 12.8. The number of benzene rings is 1. The molecule has 1 fully saturated rings. The lowest BCUT2D eigenvalue weighted by atomic mass is 10.0. The molecule has 0 aliphatic carbocycles. The second-order valence-corrected chi connectivity index (χ2v) is 9.21. The first-order valence-corrected chi connectivity index (χ1v) is 10.6. The van der Waals surface area contributed by atoms with Gasteiger partial charge < -0.3 is 5.32 Å². The summed E-state index contributed by atoms with van der Waals surface area (Å²) in [6.45, 7) is 6.77. The van der Waals surface area contributed by atoms with Gasteiger partial charge in [0, 0.05) is 12.6 Å². The smallest absolute Gasteiger partial charge is 0.243 e. The van der Waals surface area contributed by atoms with Gasteiger partial charge in [-0.15, -0.1) is 0 Å². The van der Waals surface area contributed by atoms with E-state index < -0.39 is 16.1 Å². The molecule has 5 nitrogen and oxygen atoms in total. The van der Waals surface area contributed by atoms with Gasteiger partial charge in [0.05, 0.1) is 4.90 Å². The van der Waals surface area contributed by atoms with Crippen LogP contribution in [0.15, 0.2) is 35.2 Å². The Hall–Kier alpha value is -1.40. The zero-order valence-electron chi connectivity index (χ0n) is 15.4. The summed E-state index contributed by atoms with van der Waals surface area (Å²) in [6, 6.07) is 7.81. The highest BCUT2D eigenvalue weighted by Crippen LogP contribution is 2.26. The number of amides is 1. The maximum absolute atomic E-state index is 12.8. The van der Waals surface area contributed by atoms with E-state index in [1.54, 1.807) is 30.3 Å². The zero-order valence-corrected chi connectivity index (χ0v) is 16.3. The normalized spacial score (nSPS) is 19.9. The fraction of sp³-hybridized carbons (Fsp3) is 0.632. The maximum Gasteiger partial charge on any atom is 0.243 e. The van der Waals surface area contributed by atoms with Gasteiger partial charge in [0.15, 0.2) is 0 Å². The van der Waals surface area contributed by atoms with E-state index in [2.05, 4.69) is 19.2 Å². The van der Waals surface area contributed by atoms with Crippen LogP contribution in [0.5, 0.6) is 0 Å². The number of sulfonamides is 1. The van der Waals surface area contributed by atoms with E-state index in [-0.39, 0.29) is 16.8 Å². The summed E-state index contributed by atoms with van der Waals surface area (Å²) < 4.78 is 27.0. The van der Waals surface area contributed by atoms with Gasteiger partial charge in [-0.1, -0.05) is 44.9 Å². The third-order valence-corrected chi connectivity index (χ3v) is 6.59. The van der Waals surface area contributed by atoms with Gasteiger partial charge in [-0.25, -0.2) is 8.42 Å². The van der Waals surface area contributed by atoms with E-state index >= 15 is 0 Å². The van der Waals surface area contributed by atoms with E-state index in [1.165, 1.54) is 4.31 Å². The standard InChI is InChI=1S/C19H30N2O3S/c1-15(2)9-7-10-16(3)20-19(22)18-13-8-14-21(18)25(23,24)17-11-5-4-6-12-17/h4-6,11-12,15-16,18H,7-10,13-14H2,1-3H3,(H,20,22)/t16-,18+/m1/s1. The summed E-state index contributed by atoms with van der Waals surface area (Å²) in [5.74, 6) is 0.485. The lowest BCUT2D eigenvalue weighted by Gasteiger charge is -2.25. The molecule has 1 N–H and O–H groups in total. The highest BCUT2D eigenvalue weighted by molar-refractivity contribution is 7.89. The molecule has 0 unspecified atom stereocenters. The largest absolute Gasteiger partial charge is 0.352 e. The Morgan fingerprint density at radius 3 is 2.52 bits per heavy atom. The van der Waals surface area contributed by atoms with Gasteiger partial charge in [-0.2, -0.15) is 4.31 Å². The first-order valence-electron chi connectivity index (χ1n) is 9.19. The number of hydrogen-bond acceptors (Lipinski definition) is 3. The van der Waals surface area contributed by atoms with Gasteiger partial charge in [-0.05, 0) is 44.2 Å². The van der Waals surface area contributed by atoms with Crippen LogP contribution in [0.2, 0.25) is 0 Å². The van der Waals surface area contributed by atoms with E-state index in [1.807, 2.05) is 6.92 Å². The number of nitrogens with zero attached hydrogens (tertiary/aromatic N) is 1. The minimum atomic E-state index is -3.62. The van der Waals surface area contributed by atoms with Crippen LogP contribution in [-0.4, -0.2) is 37.3 Å². The van der Waals surface area contributed by atoms with Crippen molar-refractivity contribution in [2.24, 2.45) is 5.92 Å². The lowest BCUT2D eigenvalue weighted by molar-refractivity contribution is -0.124. The Morgan fingerprint density at radius 2 is 1.88 bits per heavy atom. The molecule has 2 rings (SSSR count). The van der Waals surface area contributed by atoms with Crippen LogP contribution in [0.25, 0.3) is 0 Å². The number of rotatable bonds is 8. The lowest BCUT2D eigenvalue weighted by Crippen LogP contribution is -2.48. The van der Waals surface area contributed by atoms with Crippen molar-refractivity contribution in [1.82, 2.24) is 9.62 Å². The molecule has 1 aromatic carbocycles. The van der Waals surface area contributed by atoms with Gasteiger partial charge in [0.25, 0.3) is 0 Å². The first-order chi connectivity index (χ1) is 11.8. The average Bonchev–Trinajstić information content (AvgIpc) is 3.06. The highest BCUT2D eigenvalue weighted by Gasteiger charge is 2.39. The number of hydrogen-bond donors (Lipinski definition) is 1. The molecule has 1 saturated heterocycles. The molecule has 2 atom stereocenters. The summed E-state index contributed by atoms with van der Waals surface area (Å²) in [5.41, 5.74) is 0. The topological polar surface area (TPSA) is 66.5 Å². The summed E-state index contributed by atoms with van der Waals surface area (Å²) in [5, 5.41) is 3.00. The molecule has 1 aliphatic rings. The first kappa shape index (κ1) is 19.9. The predicted octanol–water partition coefficient (Wildman–Crippen LogP) is 3.17. The average molecular weight is 367 g/mol. The van der Waals surface area contributed by atoms with Gasteiger partial charge in [-0.3, -0.25) is 4.79 Å². The van der Waals surface area contributed by atoms with Crippen molar-refractivity contribution >= 4 is 15.9 Å². The number of carbonyl (C=O) groups is 1. The molecule has 0 radical (unpaired) electrons. The Bertz CT molecular complexity index is 659. The quantitative estimate of drug-likeness (QED) is 0.768. The Labute approximate surface area is 151 Å². The van der Waals surface area contributed by atoms with E-state index in [9.17, 15) is 13.2 Å². The van der Waals surface area contributed by atoms with Crippen molar-refractivity contribution in [1.29, 1.82) is 0 Å². The van der Waals surface area contributed by atoms with E-state index in [0.717, 1.165) is 19.3 Å². The van der Waals surface area contributed by atoms with Gasteiger partial charge >= 0.3 is 0 Å². The van der Waals surface area contributed by atoms with Gasteiger partial charge in [0.2, 0.25) is 15.9 Å². The van der Waals surface area contributed by atoms with Crippen LogP contribution in [0.3, 0.4) is 0 Å². The molecule has 6 heteroatoms. The molecule has 25 heavy (non-hydrogen) atoms. The summed E-state index contributed by atoms with van der Waals surface area (Å²) >= 11 is 0. The monoisotopic (exact) mass is 366 g/mol. The minimum Gasteiger partial charge on any atom is -0.352 e. The van der Waals surface area contributed by atoms with Crippen LogP contribution in [0.4, 0.5) is 0 Å². The van der Waals surface area contributed by atoms with Crippen LogP contribution >= 0.6 is 0 Å². The van der Waals surface area contributed by atoms with E-state index in [4.69, 9.17) is 0 Å².